The number of methoxy groups -OCH3 is 2. The molecule has 3 heterocycles. The van der Waals surface area contributed by atoms with Crippen LogP contribution in [0, 0.1) is 5.92 Å². The van der Waals surface area contributed by atoms with Crippen LogP contribution < -0.4 is 19.7 Å². The standard InChI is InChI=1S/C19H21N5O3S/c1-26-14-8-13-16(9-15(14)27-2)28-19(22-13)23-18(25)12-4-3-7-24(11-12)17-10-20-5-6-21-17/h5-6,8-10,12H,3-4,7,11H2,1-2H3,(H,22,23,25)/t12-/m1/s1. The molecule has 1 atom stereocenters. The number of aromatic nitrogens is 3. The van der Waals surface area contributed by atoms with Gasteiger partial charge in [0.15, 0.2) is 16.6 Å². The van der Waals surface area contributed by atoms with Crippen molar-refractivity contribution in [3.63, 3.8) is 0 Å². The van der Waals surface area contributed by atoms with Crippen LogP contribution in [-0.2, 0) is 4.79 Å². The van der Waals surface area contributed by atoms with Crippen molar-refractivity contribution in [2.75, 3.05) is 37.5 Å². The molecule has 0 spiro atoms. The van der Waals surface area contributed by atoms with Crippen LogP contribution in [0.25, 0.3) is 10.2 Å². The monoisotopic (exact) mass is 399 g/mol. The van der Waals surface area contributed by atoms with Crippen LogP contribution in [-0.4, -0.2) is 48.2 Å². The number of fused-ring (bicyclic) bond motifs is 1. The van der Waals surface area contributed by atoms with Gasteiger partial charge in [0.25, 0.3) is 0 Å². The summed E-state index contributed by atoms with van der Waals surface area (Å²) >= 11 is 1.42. The molecule has 8 nitrogen and oxygen atoms in total. The zero-order valence-electron chi connectivity index (χ0n) is 15.7. The Labute approximate surface area is 166 Å². The Kier molecular flexibility index (Phi) is 5.25. The molecule has 1 aromatic carbocycles. The molecular formula is C19H21N5O3S. The van der Waals surface area contributed by atoms with Crippen molar-refractivity contribution in [2.24, 2.45) is 5.92 Å². The molecule has 9 heteroatoms. The van der Waals surface area contributed by atoms with E-state index < -0.39 is 0 Å². The lowest BCUT2D eigenvalue weighted by Gasteiger charge is -2.32. The van der Waals surface area contributed by atoms with Crippen LogP contribution in [0.3, 0.4) is 0 Å². The number of amides is 1. The molecule has 0 saturated carbocycles. The highest BCUT2D eigenvalue weighted by Gasteiger charge is 2.27. The summed E-state index contributed by atoms with van der Waals surface area (Å²) in [5.74, 6) is 1.92. The van der Waals surface area contributed by atoms with E-state index in [1.807, 2.05) is 12.1 Å². The first-order valence-corrected chi connectivity index (χ1v) is 9.84. The lowest BCUT2D eigenvalue weighted by atomic mass is 9.97. The smallest absolute Gasteiger partial charge is 0.231 e. The minimum Gasteiger partial charge on any atom is -0.493 e. The zero-order chi connectivity index (χ0) is 19.5. The molecule has 28 heavy (non-hydrogen) atoms. The Bertz CT molecular complexity index is 937. The topological polar surface area (TPSA) is 89.5 Å². The lowest BCUT2D eigenvalue weighted by Crippen LogP contribution is -2.41. The number of nitrogens with one attached hydrogen (secondary N) is 1. The van der Waals surface area contributed by atoms with Crippen molar-refractivity contribution in [3.8, 4) is 11.5 Å². The van der Waals surface area contributed by atoms with Gasteiger partial charge in [0, 0.05) is 37.6 Å². The second-order valence-corrected chi connectivity index (χ2v) is 7.56. The minimum atomic E-state index is -0.119. The molecule has 4 rings (SSSR count). The Balaban J connectivity index is 1.48. The third-order valence-electron chi connectivity index (χ3n) is 4.79. The molecule has 1 aliphatic heterocycles. The molecule has 1 fully saturated rings. The third kappa shape index (κ3) is 3.70. The van der Waals surface area contributed by atoms with Crippen LogP contribution in [0.2, 0.25) is 0 Å². The highest BCUT2D eigenvalue weighted by atomic mass is 32.1. The van der Waals surface area contributed by atoms with E-state index in [1.165, 1.54) is 11.3 Å². The first kappa shape index (κ1) is 18.4. The maximum Gasteiger partial charge on any atom is 0.231 e. The molecular weight excluding hydrogens is 378 g/mol. The Hall–Kier alpha value is -2.94. The molecule has 146 valence electrons. The Morgan fingerprint density at radius 1 is 1.25 bits per heavy atom. The van der Waals surface area contributed by atoms with Crippen LogP contribution >= 0.6 is 11.3 Å². The third-order valence-corrected chi connectivity index (χ3v) is 5.72. The number of rotatable bonds is 5. The number of hydrogen-bond donors (Lipinski definition) is 1. The van der Waals surface area contributed by atoms with E-state index in [4.69, 9.17) is 9.47 Å². The SMILES string of the molecule is COc1cc2nc(NC(=O)[C@@H]3CCCN(c4cnccn4)C3)sc2cc1OC. The fourth-order valence-electron chi connectivity index (χ4n) is 3.37. The maximum absolute atomic E-state index is 12.8. The molecule has 2 aromatic heterocycles. The van der Waals surface area contributed by atoms with Crippen molar-refractivity contribution < 1.29 is 14.3 Å². The predicted molar refractivity (Wildman–Crippen MR) is 108 cm³/mol. The molecule has 1 saturated heterocycles. The van der Waals surface area contributed by atoms with Crippen LogP contribution in [0.15, 0.2) is 30.7 Å². The fraction of sp³-hybridized carbons (Fsp3) is 0.368. The Morgan fingerprint density at radius 3 is 2.82 bits per heavy atom. The molecule has 0 bridgehead atoms. The molecule has 0 unspecified atom stereocenters. The molecule has 0 radical (unpaired) electrons. The molecule has 1 N–H and O–H groups in total. The number of ether oxygens (including phenoxy) is 2. The number of benzene rings is 1. The Morgan fingerprint density at radius 2 is 2.07 bits per heavy atom. The predicted octanol–water partition coefficient (Wildman–Crippen LogP) is 2.96. The summed E-state index contributed by atoms with van der Waals surface area (Å²) in [5.41, 5.74) is 0.766. The summed E-state index contributed by atoms with van der Waals surface area (Å²) in [5, 5.41) is 3.55. The van der Waals surface area contributed by atoms with E-state index in [-0.39, 0.29) is 11.8 Å². The van der Waals surface area contributed by atoms with E-state index in [1.54, 1.807) is 32.8 Å². The van der Waals surface area contributed by atoms with Crippen molar-refractivity contribution in [3.05, 3.63) is 30.7 Å². The lowest BCUT2D eigenvalue weighted by molar-refractivity contribution is -0.120. The second-order valence-electron chi connectivity index (χ2n) is 6.53. The number of hydrogen-bond acceptors (Lipinski definition) is 8. The van der Waals surface area contributed by atoms with Crippen molar-refractivity contribution >= 4 is 38.4 Å². The number of thiazole rings is 1. The highest BCUT2D eigenvalue weighted by Crippen LogP contribution is 2.36. The van der Waals surface area contributed by atoms with Crippen LogP contribution in [0.4, 0.5) is 10.9 Å². The zero-order valence-corrected chi connectivity index (χ0v) is 16.5. The van der Waals surface area contributed by atoms with Gasteiger partial charge in [0.1, 0.15) is 5.82 Å². The van der Waals surface area contributed by atoms with E-state index >= 15 is 0 Å². The molecule has 1 aliphatic rings. The first-order valence-electron chi connectivity index (χ1n) is 9.02. The number of carbonyl (C=O) groups excluding carboxylic acids is 1. The van der Waals surface area contributed by atoms with Crippen molar-refractivity contribution in [1.29, 1.82) is 0 Å². The quantitative estimate of drug-likeness (QED) is 0.705. The maximum atomic E-state index is 12.8. The summed E-state index contributed by atoms with van der Waals surface area (Å²) in [6.45, 7) is 1.50. The van der Waals surface area contributed by atoms with Crippen LogP contribution in [0.1, 0.15) is 12.8 Å². The largest absolute Gasteiger partial charge is 0.493 e. The molecule has 1 amide bonds. The average Bonchev–Trinajstić information content (AvgIpc) is 3.14. The van der Waals surface area contributed by atoms with E-state index in [9.17, 15) is 4.79 Å². The minimum absolute atomic E-state index is 0.0217. The van der Waals surface area contributed by atoms with E-state index in [0.717, 1.165) is 35.4 Å². The van der Waals surface area contributed by atoms with E-state index in [2.05, 4.69) is 25.2 Å². The van der Waals surface area contributed by atoms with Gasteiger partial charge in [-0.05, 0) is 12.8 Å². The van der Waals surface area contributed by atoms with Crippen molar-refractivity contribution in [2.45, 2.75) is 12.8 Å². The summed E-state index contributed by atoms with van der Waals surface area (Å²) in [7, 11) is 3.18. The van der Waals surface area contributed by atoms with Gasteiger partial charge in [0.2, 0.25) is 5.91 Å². The van der Waals surface area contributed by atoms with Crippen LogP contribution in [0.5, 0.6) is 11.5 Å². The second kappa shape index (κ2) is 7.97. The first-order chi connectivity index (χ1) is 13.7. The number of anilines is 2. The van der Waals surface area contributed by atoms with Gasteiger partial charge in [0.05, 0.1) is 36.6 Å². The fourth-order valence-corrected chi connectivity index (χ4v) is 4.25. The summed E-state index contributed by atoms with van der Waals surface area (Å²) in [6.07, 6.45) is 6.82. The number of piperidine rings is 1. The summed E-state index contributed by atoms with van der Waals surface area (Å²) in [4.78, 5) is 27.9. The number of carbonyl (C=O) groups is 1. The van der Waals surface area contributed by atoms with Gasteiger partial charge in [-0.3, -0.25) is 9.78 Å². The van der Waals surface area contributed by atoms with Gasteiger partial charge < -0.3 is 19.7 Å². The average molecular weight is 399 g/mol. The van der Waals surface area contributed by atoms with Crippen molar-refractivity contribution in [1.82, 2.24) is 15.0 Å². The van der Waals surface area contributed by atoms with Gasteiger partial charge in [-0.2, -0.15) is 0 Å². The highest BCUT2D eigenvalue weighted by molar-refractivity contribution is 7.22. The van der Waals surface area contributed by atoms with Gasteiger partial charge in [-0.15, -0.1) is 0 Å². The van der Waals surface area contributed by atoms with Gasteiger partial charge >= 0.3 is 0 Å². The van der Waals surface area contributed by atoms with Gasteiger partial charge in [-0.25, -0.2) is 9.97 Å². The number of nitrogens with zero attached hydrogens (tertiary/aromatic N) is 4. The normalized spacial score (nSPS) is 16.8. The van der Waals surface area contributed by atoms with Gasteiger partial charge in [-0.1, -0.05) is 11.3 Å². The summed E-state index contributed by atoms with van der Waals surface area (Å²) in [6, 6.07) is 3.69. The van der Waals surface area contributed by atoms with E-state index in [0.29, 0.717) is 23.2 Å². The summed E-state index contributed by atoms with van der Waals surface area (Å²) < 4.78 is 11.6. The molecule has 3 aromatic rings. The molecule has 0 aliphatic carbocycles.